The lowest BCUT2D eigenvalue weighted by Gasteiger charge is -2.67. The average molecular weight is 851 g/mol. The maximum atomic E-state index is 15.9. The number of rotatable bonds is 11. The van der Waals surface area contributed by atoms with Crippen LogP contribution in [0.1, 0.15) is 94.8 Å². The molecule has 7 rings (SSSR count). The molecular weight excluding hydrogens is 797 g/mol. The first-order chi connectivity index (χ1) is 29.3. The van der Waals surface area contributed by atoms with Crippen molar-refractivity contribution in [3.63, 3.8) is 0 Å². The Morgan fingerprint density at radius 3 is 1.94 bits per heavy atom. The Bertz CT molecular complexity index is 2270. The van der Waals surface area contributed by atoms with Gasteiger partial charge in [0, 0.05) is 45.4 Å². The molecule has 3 aromatic rings. The van der Waals surface area contributed by atoms with E-state index in [9.17, 15) is 29.1 Å². The topological polar surface area (TPSA) is 178 Å². The smallest absolute Gasteiger partial charge is 0.338 e. The Balaban J connectivity index is 1.34. The van der Waals surface area contributed by atoms with E-state index in [0.29, 0.717) is 12.0 Å². The molecule has 0 unspecified atom stereocenters. The van der Waals surface area contributed by atoms with E-state index >= 15 is 4.79 Å². The third-order valence-electron chi connectivity index (χ3n) is 13.6. The van der Waals surface area contributed by atoms with E-state index in [2.05, 4.69) is 12.1 Å². The van der Waals surface area contributed by atoms with Crippen molar-refractivity contribution in [2.75, 3.05) is 6.61 Å². The van der Waals surface area contributed by atoms with E-state index in [1.807, 2.05) is 42.5 Å². The van der Waals surface area contributed by atoms with Crippen LogP contribution in [0.4, 0.5) is 0 Å². The number of aliphatic hydroxyl groups is 1. The molecule has 3 fully saturated rings. The standard InChI is InChI=1S/C49H54O13/c1-28-36(58-29(2)50)26-49(56)44(61-45(55)35-16-12-9-13-17-35)42-47(7,43(54)41(59-30(3)51)40(28)46(49,5)6)37(25-38-48(42,27-57-38)62-31(4)52)60-39(53)23-22-32-18-20-34(21-19-32)24-33-14-10-8-11-15-33/h8-21,36-38,41-42,44,56H,22-27H2,1-7H3/t36-,37-,38+,41+,42-,44-,47+,48-,49+/m0/s1. The molecule has 0 radical (unpaired) electrons. The van der Waals surface area contributed by atoms with Crippen molar-refractivity contribution in [3.05, 3.63) is 118 Å². The van der Waals surface area contributed by atoms with Crippen molar-refractivity contribution < 1.29 is 62.3 Å². The van der Waals surface area contributed by atoms with Gasteiger partial charge in [0.2, 0.25) is 0 Å². The Morgan fingerprint density at radius 1 is 0.758 bits per heavy atom. The lowest BCUT2D eigenvalue weighted by Crippen LogP contribution is -2.82. The number of benzene rings is 3. The Kier molecular flexibility index (Phi) is 12.1. The van der Waals surface area contributed by atoms with Crippen LogP contribution in [0, 0.1) is 16.7 Å². The maximum Gasteiger partial charge on any atom is 0.338 e. The zero-order valence-corrected chi connectivity index (χ0v) is 36.1. The minimum absolute atomic E-state index is 0.0742. The molecule has 9 atom stereocenters. The zero-order valence-electron chi connectivity index (χ0n) is 36.1. The van der Waals surface area contributed by atoms with Crippen molar-refractivity contribution in [1.82, 2.24) is 0 Å². The van der Waals surface area contributed by atoms with Gasteiger partial charge in [-0.05, 0) is 66.7 Å². The lowest BCUT2D eigenvalue weighted by atomic mass is 9.44. The summed E-state index contributed by atoms with van der Waals surface area (Å²) < 4.78 is 36.8. The van der Waals surface area contributed by atoms with Crippen LogP contribution < -0.4 is 0 Å². The van der Waals surface area contributed by atoms with Gasteiger partial charge in [-0.1, -0.05) is 86.6 Å². The summed E-state index contributed by atoms with van der Waals surface area (Å²) in [5.74, 6) is -6.02. The second-order valence-corrected chi connectivity index (χ2v) is 17.8. The van der Waals surface area contributed by atoms with E-state index in [0.717, 1.165) is 24.5 Å². The third kappa shape index (κ3) is 7.85. The van der Waals surface area contributed by atoms with Gasteiger partial charge in [0.05, 0.1) is 23.5 Å². The van der Waals surface area contributed by atoms with Crippen molar-refractivity contribution in [1.29, 1.82) is 0 Å². The molecule has 1 N–H and O–H groups in total. The van der Waals surface area contributed by atoms with Crippen LogP contribution in [0.5, 0.6) is 0 Å². The van der Waals surface area contributed by atoms with Crippen LogP contribution >= 0.6 is 0 Å². The Morgan fingerprint density at radius 2 is 1.35 bits per heavy atom. The summed E-state index contributed by atoms with van der Waals surface area (Å²) in [5.41, 5.74) is -3.74. The minimum Gasteiger partial charge on any atom is -0.461 e. The van der Waals surface area contributed by atoms with Crippen LogP contribution in [-0.4, -0.2) is 89.1 Å². The molecule has 2 bridgehead atoms. The molecule has 0 spiro atoms. The summed E-state index contributed by atoms with van der Waals surface area (Å²) in [6.45, 7) is 9.67. The number of carbonyl (C=O) groups is 6. The molecule has 62 heavy (non-hydrogen) atoms. The summed E-state index contributed by atoms with van der Waals surface area (Å²) >= 11 is 0. The van der Waals surface area contributed by atoms with Crippen molar-refractivity contribution >= 4 is 35.6 Å². The highest BCUT2D eigenvalue weighted by Crippen LogP contribution is 2.65. The van der Waals surface area contributed by atoms with Crippen molar-refractivity contribution in [2.45, 2.75) is 122 Å². The molecule has 1 aliphatic heterocycles. The monoisotopic (exact) mass is 850 g/mol. The van der Waals surface area contributed by atoms with Gasteiger partial charge in [0.15, 0.2) is 17.5 Å². The molecule has 0 aromatic heterocycles. The number of esters is 5. The molecule has 1 heterocycles. The van der Waals surface area contributed by atoms with Gasteiger partial charge in [0.1, 0.15) is 30.0 Å². The number of carbonyl (C=O) groups excluding carboxylic acids is 6. The van der Waals surface area contributed by atoms with Crippen molar-refractivity contribution in [2.24, 2.45) is 16.7 Å². The van der Waals surface area contributed by atoms with Gasteiger partial charge >= 0.3 is 29.8 Å². The lowest BCUT2D eigenvalue weighted by molar-refractivity contribution is -0.346. The summed E-state index contributed by atoms with van der Waals surface area (Å²) in [7, 11) is 0. The number of aryl methyl sites for hydroxylation is 1. The number of Topliss-reactive ketones (excluding diaryl/α,β-unsaturated/α-hetero) is 1. The Labute approximate surface area is 361 Å². The molecule has 4 aliphatic rings. The molecule has 13 nitrogen and oxygen atoms in total. The number of hydrogen-bond acceptors (Lipinski definition) is 13. The van der Waals surface area contributed by atoms with E-state index < -0.39 is 94.1 Å². The average Bonchev–Trinajstić information content (AvgIpc) is 3.21. The highest BCUT2D eigenvalue weighted by atomic mass is 16.6. The first kappa shape index (κ1) is 44.4. The van der Waals surface area contributed by atoms with Crippen LogP contribution in [0.25, 0.3) is 0 Å². The fourth-order valence-electron chi connectivity index (χ4n) is 10.5. The van der Waals surface area contributed by atoms with Crippen LogP contribution in [0.3, 0.4) is 0 Å². The molecule has 3 aromatic carbocycles. The normalized spacial score (nSPS) is 30.8. The fourth-order valence-corrected chi connectivity index (χ4v) is 10.5. The maximum absolute atomic E-state index is 15.9. The molecular formula is C49H54O13. The molecule has 1 saturated heterocycles. The largest absolute Gasteiger partial charge is 0.461 e. The van der Waals surface area contributed by atoms with Gasteiger partial charge in [-0.25, -0.2) is 4.79 Å². The molecule has 3 aliphatic carbocycles. The summed E-state index contributed by atoms with van der Waals surface area (Å²) in [6, 6.07) is 26.0. The van der Waals surface area contributed by atoms with E-state index in [1.54, 1.807) is 39.0 Å². The summed E-state index contributed by atoms with van der Waals surface area (Å²) in [6.07, 6.45) is -6.42. The second-order valence-electron chi connectivity index (χ2n) is 17.8. The summed E-state index contributed by atoms with van der Waals surface area (Å²) in [4.78, 5) is 83.1. The van der Waals surface area contributed by atoms with E-state index in [1.165, 1.54) is 38.5 Å². The highest BCUT2D eigenvalue weighted by Gasteiger charge is 2.79. The number of hydrogen-bond donors (Lipinski definition) is 1. The van der Waals surface area contributed by atoms with E-state index in [4.69, 9.17) is 28.4 Å². The van der Waals surface area contributed by atoms with Gasteiger partial charge < -0.3 is 33.5 Å². The molecule has 328 valence electrons. The van der Waals surface area contributed by atoms with Gasteiger partial charge in [-0.3, -0.25) is 24.0 Å². The second kappa shape index (κ2) is 16.9. The van der Waals surface area contributed by atoms with Gasteiger partial charge in [-0.2, -0.15) is 0 Å². The van der Waals surface area contributed by atoms with Gasteiger partial charge in [0.25, 0.3) is 0 Å². The molecule has 13 heteroatoms. The van der Waals surface area contributed by atoms with Crippen LogP contribution in [-0.2, 0) is 65.2 Å². The van der Waals surface area contributed by atoms with Gasteiger partial charge in [-0.15, -0.1) is 0 Å². The predicted octanol–water partition coefficient (Wildman–Crippen LogP) is 6.00. The fraction of sp³-hybridized carbons (Fsp3) is 0.469. The van der Waals surface area contributed by atoms with Crippen LogP contribution in [0.15, 0.2) is 96.1 Å². The number of fused-ring (bicyclic) bond motifs is 5. The third-order valence-corrected chi connectivity index (χ3v) is 13.6. The molecule has 2 saturated carbocycles. The quantitative estimate of drug-likeness (QED) is 0.135. The first-order valence-corrected chi connectivity index (χ1v) is 21.0. The Hall–Kier alpha value is -5.66. The van der Waals surface area contributed by atoms with E-state index in [-0.39, 0.29) is 37.0 Å². The number of ether oxygens (including phenoxy) is 6. The van der Waals surface area contributed by atoms with Crippen molar-refractivity contribution in [3.8, 4) is 0 Å². The summed E-state index contributed by atoms with van der Waals surface area (Å²) in [5, 5.41) is 13.6. The highest BCUT2D eigenvalue weighted by molar-refractivity contribution is 5.96. The minimum atomic E-state index is -2.23. The predicted molar refractivity (Wildman–Crippen MR) is 222 cm³/mol. The molecule has 0 amide bonds. The van der Waals surface area contributed by atoms with Crippen LogP contribution in [0.2, 0.25) is 0 Å². The zero-order chi connectivity index (χ0) is 44.8. The SMILES string of the molecule is CC(=O)O[C@H]1C(=O)[C@]2(C)[C@@H](OC(=O)CCc3ccc(Cc4ccccc4)cc3)C[C@H]3OC[C@@]3(OC(C)=O)[C@H]2[C@H](OC(=O)c2ccccc2)[C@]2(O)C[C@H](OC(C)=O)C(C)=C1C2(C)C. The first-order valence-electron chi connectivity index (χ1n) is 21.0. The number of ketones is 1.